The highest BCUT2D eigenvalue weighted by Gasteiger charge is 2.07. The number of hydrogen-bond donors (Lipinski definition) is 0. The maximum Gasteiger partial charge on any atom is 0.339 e. The molecular weight excluding hydrogens is 334 g/mol. The normalized spacial score (nSPS) is 10.2. The van der Waals surface area contributed by atoms with Crippen LogP contribution in [0.5, 0.6) is 5.75 Å². The van der Waals surface area contributed by atoms with Crippen LogP contribution in [0.3, 0.4) is 0 Å². The Balaban J connectivity index is 1.78. The number of carbonyl (C=O) groups excluding carboxylic acids is 1. The van der Waals surface area contributed by atoms with Crippen LogP contribution in [0.1, 0.15) is 22.8 Å². The minimum absolute atomic E-state index is 0.196. The van der Waals surface area contributed by atoms with Gasteiger partial charge in [-0.2, -0.15) is 0 Å². The first-order chi connectivity index (χ1) is 10.2. The van der Waals surface area contributed by atoms with Gasteiger partial charge in [0.25, 0.3) is 0 Å². The third kappa shape index (κ3) is 4.86. The molecule has 1 aromatic carbocycles. The van der Waals surface area contributed by atoms with Crippen molar-refractivity contribution in [3.8, 4) is 5.75 Å². The Morgan fingerprint density at radius 3 is 2.86 bits per heavy atom. The molecule has 0 N–H and O–H groups in total. The van der Waals surface area contributed by atoms with E-state index >= 15 is 0 Å². The number of ether oxygens (including phenoxy) is 2. The molecule has 0 unspecified atom stereocenters. The van der Waals surface area contributed by atoms with E-state index in [0.717, 1.165) is 16.6 Å². The van der Waals surface area contributed by atoms with Crippen molar-refractivity contribution in [2.24, 2.45) is 0 Å². The summed E-state index contributed by atoms with van der Waals surface area (Å²) in [5, 5.41) is 0. The number of rotatable bonds is 6. The number of carbonyl (C=O) groups is 1. The highest BCUT2D eigenvalue weighted by molar-refractivity contribution is 9.10. The predicted octanol–water partition coefficient (Wildman–Crippen LogP) is 3.64. The summed E-state index contributed by atoms with van der Waals surface area (Å²) in [4.78, 5) is 15.7. The number of aryl methyl sites for hydroxylation is 1. The lowest BCUT2D eigenvalue weighted by Gasteiger charge is -2.08. The number of halogens is 1. The van der Waals surface area contributed by atoms with Crippen molar-refractivity contribution in [3.05, 3.63) is 58.3 Å². The second-order valence-electron chi connectivity index (χ2n) is 4.38. The van der Waals surface area contributed by atoms with Crippen LogP contribution in [-0.4, -0.2) is 24.2 Å². The van der Waals surface area contributed by atoms with Gasteiger partial charge in [0.15, 0.2) is 0 Å². The van der Waals surface area contributed by atoms with Crippen molar-refractivity contribution in [2.45, 2.75) is 13.3 Å². The molecule has 0 bridgehead atoms. The van der Waals surface area contributed by atoms with E-state index in [1.165, 1.54) is 11.8 Å². The Bertz CT molecular complexity index is 616. The monoisotopic (exact) mass is 349 g/mol. The van der Waals surface area contributed by atoms with Gasteiger partial charge in [0.2, 0.25) is 0 Å². The Morgan fingerprint density at radius 2 is 2.10 bits per heavy atom. The number of aromatic nitrogens is 1. The van der Waals surface area contributed by atoms with Gasteiger partial charge in [-0.1, -0.05) is 19.1 Å². The summed E-state index contributed by atoms with van der Waals surface area (Å²) in [5.74, 6) is 0.379. The Labute approximate surface area is 132 Å². The molecule has 0 aliphatic carbocycles. The molecule has 2 aromatic rings. The van der Waals surface area contributed by atoms with Gasteiger partial charge in [-0.3, -0.25) is 4.98 Å². The fourth-order valence-corrected chi connectivity index (χ4v) is 2.12. The van der Waals surface area contributed by atoms with Gasteiger partial charge >= 0.3 is 5.97 Å². The van der Waals surface area contributed by atoms with Crippen LogP contribution in [0.4, 0.5) is 0 Å². The molecule has 0 spiro atoms. The first-order valence-electron chi connectivity index (χ1n) is 6.68. The van der Waals surface area contributed by atoms with Crippen molar-refractivity contribution >= 4 is 21.9 Å². The number of esters is 1. The smallest absolute Gasteiger partial charge is 0.339 e. The molecule has 1 aromatic heterocycles. The van der Waals surface area contributed by atoms with Crippen molar-refractivity contribution < 1.29 is 14.3 Å². The molecule has 1 heterocycles. The largest absolute Gasteiger partial charge is 0.490 e. The van der Waals surface area contributed by atoms with Gasteiger partial charge in [-0.15, -0.1) is 0 Å². The summed E-state index contributed by atoms with van der Waals surface area (Å²) in [6, 6.07) is 9.54. The number of pyridine rings is 1. The van der Waals surface area contributed by atoms with E-state index in [4.69, 9.17) is 9.47 Å². The summed E-state index contributed by atoms with van der Waals surface area (Å²) in [5.41, 5.74) is 1.63. The summed E-state index contributed by atoms with van der Waals surface area (Å²) in [7, 11) is 0. The molecule has 2 rings (SSSR count). The molecule has 0 amide bonds. The second-order valence-corrected chi connectivity index (χ2v) is 5.29. The van der Waals surface area contributed by atoms with Crippen LogP contribution in [0.25, 0.3) is 0 Å². The van der Waals surface area contributed by atoms with Crippen LogP contribution in [0.15, 0.2) is 47.2 Å². The van der Waals surface area contributed by atoms with E-state index < -0.39 is 5.97 Å². The minimum atomic E-state index is -0.408. The third-order valence-electron chi connectivity index (χ3n) is 2.83. The van der Waals surface area contributed by atoms with E-state index in [1.54, 1.807) is 12.3 Å². The van der Waals surface area contributed by atoms with Gasteiger partial charge in [0, 0.05) is 16.9 Å². The first kappa shape index (κ1) is 15.5. The number of hydrogen-bond acceptors (Lipinski definition) is 4. The van der Waals surface area contributed by atoms with Crippen LogP contribution < -0.4 is 4.74 Å². The minimum Gasteiger partial charge on any atom is -0.490 e. The third-order valence-corrected chi connectivity index (χ3v) is 3.27. The van der Waals surface area contributed by atoms with E-state index in [2.05, 4.69) is 27.8 Å². The van der Waals surface area contributed by atoms with Gasteiger partial charge in [0.05, 0.1) is 5.56 Å². The predicted molar refractivity (Wildman–Crippen MR) is 83.5 cm³/mol. The van der Waals surface area contributed by atoms with Crippen LogP contribution in [-0.2, 0) is 11.2 Å². The zero-order valence-electron chi connectivity index (χ0n) is 11.7. The number of benzene rings is 1. The van der Waals surface area contributed by atoms with Crippen LogP contribution in [0, 0.1) is 0 Å². The maximum atomic E-state index is 11.8. The Hall–Kier alpha value is -1.88. The zero-order chi connectivity index (χ0) is 15.1. The van der Waals surface area contributed by atoms with Crippen LogP contribution >= 0.6 is 15.9 Å². The van der Waals surface area contributed by atoms with Crippen LogP contribution in [0.2, 0.25) is 0 Å². The molecule has 4 nitrogen and oxygen atoms in total. The molecule has 5 heteroatoms. The number of nitrogens with zero attached hydrogens (tertiary/aromatic N) is 1. The van der Waals surface area contributed by atoms with Crippen molar-refractivity contribution in [2.75, 3.05) is 13.2 Å². The van der Waals surface area contributed by atoms with Crippen molar-refractivity contribution in [3.63, 3.8) is 0 Å². The average Bonchev–Trinajstić information content (AvgIpc) is 2.51. The fourth-order valence-electron chi connectivity index (χ4n) is 1.76. The lowest BCUT2D eigenvalue weighted by Crippen LogP contribution is -2.12. The molecule has 0 atom stereocenters. The van der Waals surface area contributed by atoms with Gasteiger partial charge < -0.3 is 9.47 Å². The van der Waals surface area contributed by atoms with E-state index in [-0.39, 0.29) is 6.61 Å². The van der Waals surface area contributed by atoms with E-state index in [0.29, 0.717) is 12.2 Å². The summed E-state index contributed by atoms with van der Waals surface area (Å²) in [6.07, 6.45) is 4.04. The molecule has 0 fully saturated rings. The molecule has 0 aliphatic heterocycles. The zero-order valence-corrected chi connectivity index (χ0v) is 13.3. The highest BCUT2D eigenvalue weighted by atomic mass is 79.9. The van der Waals surface area contributed by atoms with E-state index in [1.807, 2.05) is 24.3 Å². The SMILES string of the molecule is CCc1cccc(OCCOC(=O)c2cncc(Br)c2)c1. The second kappa shape index (κ2) is 7.78. The Kier molecular flexibility index (Phi) is 5.75. The summed E-state index contributed by atoms with van der Waals surface area (Å²) >= 11 is 3.26. The van der Waals surface area contributed by atoms with Crippen molar-refractivity contribution in [1.82, 2.24) is 4.98 Å². The van der Waals surface area contributed by atoms with Gasteiger partial charge in [0.1, 0.15) is 19.0 Å². The van der Waals surface area contributed by atoms with E-state index in [9.17, 15) is 4.79 Å². The average molecular weight is 350 g/mol. The first-order valence-corrected chi connectivity index (χ1v) is 7.47. The molecule has 110 valence electrons. The molecular formula is C16H16BrNO3. The Morgan fingerprint density at radius 1 is 1.24 bits per heavy atom. The highest BCUT2D eigenvalue weighted by Crippen LogP contribution is 2.14. The molecule has 0 saturated carbocycles. The summed E-state index contributed by atoms with van der Waals surface area (Å²) in [6.45, 7) is 2.61. The lowest BCUT2D eigenvalue weighted by molar-refractivity contribution is 0.0450. The fraction of sp³-hybridized carbons (Fsp3) is 0.250. The van der Waals surface area contributed by atoms with Gasteiger partial charge in [-0.25, -0.2) is 4.79 Å². The molecule has 0 radical (unpaired) electrons. The topological polar surface area (TPSA) is 48.4 Å². The maximum absolute atomic E-state index is 11.8. The van der Waals surface area contributed by atoms with Gasteiger partial charge in [-0.05, 0) is 46.1 Å². The summed E-state index contributed by atoms with van der Waals surface area (Å²) < 4.78 is 11.4. The molecule has 0 saturated heterocycles. The lowest BCUT2D eigenvalue weighted by atomic mass is 10.2. The quantitative estimate of drug-likeness (QED) is 0.590. The molecule has 0 aliphatic rings. The standard InChI is InChI=1S/C16H16BrNO3/c1-2-12-4-3-5-15(8-12)20-6-7-21-16(19)13-9-14(17)11-18-10-13/h3-5,8-11H,2,6-7H2,1H3. The molecule has 21 heavy (non-hydrogen) atoms. The van der Waals surface area contributed by atoms with Crippen molar-refractivity contribution in [1.29, 1.82) is 0 Å².